The van der Waals surface area contributed by atoms with Crippen molar-refractivity contribution in [2.24, 2.45) is 5.92 Å². The first-order chi connectivity index (χ1) is 14.8. The molecule has 0 bridgehead atoms. The number of benzene rings is 2. The first-order valence-electron chi connectivity index (χ1n) is 10.5. The lowest BCUT2D eigenvalue weighted by Gasteiger charge is -2.32. The normalized spacial score (nSPS) is 15.6. The van der Waals surface area contributed by atoms with Gasteiger partial charge in [0.2, 0.25) is 15.9 Å². The summed E-state index contributed by atoms with van der Waals surface area (Å²) in [6.45, 7) is 3.57. The Morgan fingerprint density at radius 3 is 2.32 bits per heavy atom. The number of hydrogen-bond donors (Lipinski definition) is 0. The van der Waals surface area contributed by atoms with Crippen molar-refractivity contribution in [3.8, 4) is 5.75 Å². The van der Waals surface area contributed by atoms with Gasteiger partial charge in [0.15, 0.2) is 0 Å². The minimum Gasteiger partial charge on any atom is -0.494 e. The Morgan fingerprint density at radius 2 is 1.71 bits per heavy atom. The summed E-state index contributed by atoms with van der Waals surface area (Å²) < 4.78 is 45.6. The molecule has 0 saturated carbocycles. The maximum Gasteiger partial charge on any atom is 0.243 e. The maximum absolute atomic E-state index is 12.9. The van der Waals surface area contributed by atoms with Gasteiger partial charge < -0.3 is 9.64 Å². The summed E-state index contributed by atoms with van der Waals surface area (Å²) in [5.41, 5.74) is 1.01. The number of nitrogens with zero attached hydrogens (tertiary/aromatic N) is 2. The van der Waals surface area contributed by atoms with Gasteiger partial charge in [0.25, 0.3) is 0 Å². The highest BCUT2D eigenvalue weighted by molar-refractivity contribution is 7.89. The zero-order chi connectivity index (χ0) is 22.4. The van der Waals surface area contributed by atoms with Crippen LogP contribution in [0.15, 0.2) is 53.4 Å². The van der Waals surface area contributed by atoms with E-state index in [2.05, 4.69) is 0 Å². The highest BCUT2D eigenvalue weighted by Crippen LogP contribution is 2.25. The first kappa shape index (κ1) is 23.2. The van der Waals surface area contributed by atoms with Crippen molar-refractivity contribution < 1.29 is 22.3 Å². The fourth-order valence-corrected chi connectivity index (χ4v) is 5.12. The summed E-state index contributed by atoms with van der Waals surface area (Å²) in [6, 6.07) is 12.7. The second-order valence-corrected chi connectivity index (χ2v) is 9.85. The van der Waals surface area contributed by atoms with Gasteiger partial charge in [-0.3, -0.25) is 4.79 Å². The standard InChI is InChI=1S/C23H29FN2O4S/c1-18-4-10-22(11-5-18)31(28,29)26-15-12-19(13-16-26)23(27)25(2)14-3-17-30-21-8-6-20(24)7-9-21/h4-11,19H,3,12-17H2,1-2H3. The van der Waals surface area contributed by atoms with E-state index in [1.165, 1.54) is 16.4 Å². The first-order valence-corrected chi connectivity index (χ1v) is 11.9. The highest BCUT2D eigenvalue weighted by atomic mass is 32.2. The molecule has 31 heavy (non-hydrogen) atoms. The Morgan fingerprint density at radius 1 is 1.10 bits per heavy atom. The van der Waals surface area contributed by atoms with Crippen LogP contribution >= 0.6 is 0 Å². The third kappa shape index (κ3) is 6.04. The molecule has 1 heterocycles. The van der Waals surface area contributed by atoms with E-state index in [1.54, 1.807) is 48.3 Å². The van der Waals surface area contributed by atoms with Gasteiger partial charge in [-0.15, -0.1) is 0 Å². The Bertz CT molecular complexity index is 970. The predicted octanol–water partition coefficient (Wildman–Crippen LogP) is 3.46. The molecule has 168 valence electrons. The number of rotatable bonds is 8. The zero-order valence-corrected chi connectivity index (χ0v) is 18.8. The number of halogens is 1. The van der Waals surface area contributed by atoms with Crippen LogP contribution in [0.4, 0.5) is 4.39 Å². The second-order valence-electron chi connectivity index (χ2n) is 7.91. The Kier molecular flexibility index (Phi) is 7.67. The van der Waals surface area contributed by atoms with Crippen molar-refractivity contribution in [2.45, 2.75) is 31.1 Å². The highest BCUT2D eigenvalue weighted by Gasteiger charge is 2.33. The van der Waals surface area contributed by atoms with Crippen molar-refractivity contribution in [3.05, 3.63) is 59.9 Å². The van der Waals surface area contributed by atoms with Crippen LogP contribution in [0.3, 0.4) is 0 Å². The number of piperidine rings is 1. The average Bonchev–Trinajstić information content (AvgIpc) is 2.77. The summed E-state index contributed by atoms with van der Waals surface area (Å²) in [4.78, 5) is 14.7. The van der Waals surface area contributed by atoms with E-state index in [4.69, 9.17) is 4.74 Å². The van der Waals surface area contributed by atoms with Crippen LogP contribution in [0, 0.1) is 18.7 Å². The van der Waals surface area contributed by atoms with Gasteiger partial charge in [0.05, 0.1) is 11.5 Å². The quantitative estimate of drug-likeness (QED) is 0.580. The molecule has 1 saturated heterocycles. The molecule has 6 nitrogen and oxygen atoms in total. The number of ether oxygens (including phenoxy) is 1. The largest absolute Gasteiger partial charge is 0.494 e. The zero-order valence-electron chi connectivity index (χ0n) is 18.0. The van der Waals surface area contributed by atoms with E-state index in [-0.39, 0.29) is 17.6 Å². The van der Waals surface area contributed by atoms with Gasteiger partial charge in [0.1, 0.15) is 11.6 Å². The smallest absolute Gasteiger partial charge is 0.243 e. The Hall–Kier alpha value is -2.45. The number of amides is 1. The molecule has 2 aromatic rings. The topological polar surface area (TPSA) is 66.9 Å². The fraction of sp³-hybridized carbons (Fsp3) is 0.435. The number of hydrogen-bond acceptors (Lipinski definition) is 4. The lowest BCUT2D eigenvalue weighted by molar-refractivity contribution is -0.135. The predicted molar refractivity (Wildman–Crippen MR) is 117 cm³/mol. The summed E-state index contributed by atoms with van der Waals surface area (Å²) in [5, 5.41) is 0. The molecule has 0 spiro atoms. The van der Waals surface area contributed by atoms with Gasteiger partial charge in [-0.05, 0) is 62.6 Å². The van der Waals surface area contributed by atoms with Gasteiger partial charge in [-0.1, -0.05) is 17.7 Å². The molecule has 1 aliphatic rings. The van der Waals surface area contributed by atoms with Crippen molar-refractivity contribution in [1.29, 1.82) is 0 Å². The van der Waals surface area contributed by atoms with Crippen LogP contribution in [0.1, 0.15) is 24.8 Å². The molecule has 3 rings (SSSR count). The van der Waals surface area contributed by atoms with Crippen molar-refractivity contribution in [2.75, 3.05) is 33.3 Å². The molecule has 1 amide bonds. The monoisotopic (exact) mass is 448 g/mol. The molecule has 2 aromatic carbocycles. The number of carbonyl (C=O) groups excluding carboxylic acids is 1. The van der Waals surface area contributed by atoms with Gasteiger partial charge >= 0.3 is 0 Å². The third-order valence-electron chi connectivity index (χ3n) is 5.56. The van der Waals surface area contributed by atoms with Gasteiger partial charge in [-0.25, -0.2) is 12.8 Å². The van der Waals surface area contributed by atoms with E-state index in [0.29, 0.717) is 56.1 Å². The minimum absolute atomic E-state index is 0.0363. The maximum atomic E-state index is 12.9. The Balaban J connectivity index is 1.43. The van der Waals surface area contributed by atoms with Crippen molar-refractivity contribution >= 4 is 15.9 Å². The van der Waals surface area contributed by atoms with Crippen molar-refractivity contribution in [3.63, 3.8) is 0 Å². The van der Waals surface area contributed by atoms with E-state index >= 15 is 0 Å². The third-order valence-corrected chi connectivity index (χ3v) is 7.47. The molecule has 0 aliphatic carbocycles. The van der Waals surface area contributed by atoms with Crippen LogP contribution in [0.5, 0.6) is 5.75 Å². The molecular weight excluding hydrogens is 419 g/mol. The SMILES string of the molecule is Cc1ccc(S(=O)(=O)N2CCC(C(=O)N(C)CCCOc3ccc(F)cc3)CC2)cc1. The lowest BCUT2D eigenvalue weighted by atomic mass is 9.96. The number of sulfonamides is 1. The Labute approximate surface area is 183 Å². The average molecular weight is 449 g/mol. The second kappa shape index (κ2) is 10.2. The van der Waals surface area contributed by atoms with E-state index in [0.717, 1.165) is 5.56 Å². The minimum atomic E-state index is -3.53. The molecule has 0 aromatic heterocycles. The van der Waals surface area contributed by atoms with Crippen LogP contribution in [-0.4, -0.2) is 56.8 Å². The van der Waals surface area contributed by atoms with Crippen LogP contribution in [0.2, 0.25) is 0 Å². The number of carbonyl (C=O) groups is 1. The molecule has 1 aliphatic heterocycles. The molecule has 8 heteroatoms. The van der Waals surface area contributed by atoms with Crippen molar-refractivity contribution in [1.82, 2.24) is 9.21 Å². The van der Waals surface area contributed by atoms with Gasteiger partial charge in [0, 0.05) is 32.6 Å². The van der Waals surface area contributed by atoms with E-state index < -0.39 is 10.0 Å². The molecule has 0 unspecified atom stereocenters. The molecule has 0 radical (unpaired) electrons. The fourth-order valence-electron chi connectivity index (χ4n) is 3.65. The van der Waals surface area contributed by atoms with Crippen LogP contribution < -0.4 is 4.74 Å². The summed E-state index contributed by atoms with van der Waals surface area (Å²) in [6.07, 6.45) is 1.68. The lowest BCUT2D eigenvalue weighted by Crippen LogP contribution is -2.43. The summed E-state index contributed by atoms with van der Waals surface area (Å²) >= 11 is 0. The summed E-state index contributed by atoms with van der Waals surface area (Å²) in [7, 11) is -1.77. The van der Waals surface area contributed by atoms with Crippen LogP contribution in [0.25, 0.3) is 0 Å². The van der Waals surface area contributed by atoms with E-state index in [1.807, 2.05) is 6.92 Å². The van der Waals surface area contributed by atoms with Gasteiger partial charge in [-0.2, -0.15) is 4.31 Å². The van der Waals surface area contributed by atoms with Crippen LogP contribution in [-0.2, 0) is 14.8 Å². The van der Waals surface area contributed by atoms with E-state index in [9.17, 15) is 17.6 Å². The summed E-state index contributed by atoms with van der Waals surface area (Å²) in [5.74, 6) is 0.148. The molecule has 1 fully saturated rings. The molecular formula is C23H29FN2O4S. The number of aryl methyl sites for hydroxylation is 1. The molecule has 0 N–H and O–H groups in total. The molecule has 0 atom stereocenters.